The maximum Gasteiger partial charge on any atom is 0.251 e. The van der Waals surface area contributed by atoms with E-state index in [2.05, 4.69) is 35.1 Å². The fraction of sp³-hybridized carbons (Fsp3) is 0.650. The monoisotopic (exact) mass is 391 g/mol. The van der Waals surface area contributed by atoms with E-state index in [0.29, 0.717) is 16.4 Å². The van der Waals surface area contributed by atoms with Crippen molar-refractivity contribution in [3.63, 3.8) is 0 Å². The first kappa shape index (κ1) is 16.4. The highest BCUT2D eigenvalue weighted by Crippen LogP contribution is 2.66. The molecule has 4 aliphatic carbocycles. The van der Waals surface area contributed by atoms with Gasteiger partial charge in [0, 0.05) is 11.1 Å². The van der Waals surface area contributed by atoms with Crippen LogP contribution in [0.25, 0.3) is 0 Å². The molecule has 0 aliphatic heterocycles. The van der Waals surface area contributed by atoms with Gasteiger partial charge in [-0.15, -0.1) is 0 Å². The van der Waals surface area contributed by atoms with Gasteiger partial charge in [0.2, 0.25) is 0 Å². The lowest BCUT2D eigenvalue weighted by Crippen LogP contribution is -2.65. The van der Waals surface area contributed by atoms with E-state index in [-0.39, 0.29) is 11.4 Å². The van der Waals surface area contributed by atoms with Crippen molar-refractivity contribution in [2.75, 3.05) is 7.11 Å². The normalized spacial score (nSPS) is 39.8. The van der Waals surface area contributed by atoms with E-state index in [1.54, 1.807) is 7.11 Å². The average Bonchev–Trinajstić information content (AvgIpc) is 2.42. The molecule has 0 saturated heterocycles. The standard InChI is InChI=1S/C20H26BrNO2/c1-18-7-13-8-19(2,10-18)12-20(9-13,11-18)22-17(23)14-4-5-16(24-3)15(21)6-14/h4-6,13H,7-12H2,1-3H3,(H,22,23)/t13?,18-,19+,20?. The van der Waals surface area contributed by atoms with Gasteiger partial charge in [-0.2, -0.15) is 0 Å². The molecule has 0 heterocycles. The molecule has 3 nitrogen and oxygen atoms in total. The van der Waals surface area contributed by atoms with Gasteiger partial charge in [0.1, 0.15) is 5.75 Å². The van der Waals surface area contributed by atoms with Crippen LogP contribution in [0, 0.1) is 16.7 Å². The van der Waals surface area contributed by atoms with Crippen molar-refractivity contribution in [1.82, 2.24) is 5.32 Å². The van der Waals surface area contributed by atoms with Crippen molar-refractivity contribution in [3.8, 4) is 5.75 Å². The number of hydrogen-bond acceptors (Lipinski definition) is 2. The third kappa shape index (κ3) is 2.67. The zero-order valence-corrected chi connectivity index (χ0v) is 16.3. The van der Waals surface area contributed by atoms with Crippen LogP contribution in [0.1, 0.15) is 62.7 Å². The van der Waals surface area contributed by atoms with Crippen LogP contribution in [0.3, 0.4) is 0 Å². The Morgan fingerprint density at radius 3 is 2.38 bits per heavy atom. The third-order valence-corrected chi connectivity index (χ3v) is 7.04. The Balaban J connectivity index is 1.59. The maximum absolute atomic E-state index is 12.9. The first-order valence-corrected chi connectivity index (χ1v) is 9.69. The number of halogens is 1. The third-order valence-electron chi connectivity index (χ3n) is 6.42. The molecule has 1 aromatic carbocycles. The van der Waals surface area contributed by atoms with E-state index in [1.165, 1.54) is 19.3 Å². The molecule has 1 N–H and O–H groups in total. The van der Waals surface area contributed by atoms with Gasteiger partial charge in [-0.25, -0.2) is 0 Å². The molecular formula is C20H26BrNO2. The summed E-state index contributed by atoms with van der Waals surface area (Å²) in [5.74, 6) is 1.58. The van der Waals surface area contributed by atoms with E-state index in [9.17, 15) is 4.79 Å². The summed E-state index contributed by atoms with van der Waals surface area (Å²) in [6.45, 7) is 4.86. The van der Waals surface area contributed by atoms with E-state index >= 15 is 0 Å². The van der Waals surface area contributed by atoms with Crippen LogP contribution >= 0.6 is 15.9 Å². The smallest absolute Gasteiger partial charge is 0.251 e. The van der Waals surface area contributed by atoms with Crippen LogP contribution in [0.5, 0.6) is 5.75 Å². The van der Waals surface area contributed by atoms with Crippen LogP contribution in [-0.4, -0.2) is 18.6 Å². The average molecular weight is 392 g/mol. The molecule has 1 amide bonds. The quantitative estimate of drug-likeness (QED) is 0.792. The van der Waals surface area contributed by atoms with Crippen molar-refractivity contribution >= 4 is 21.8 Å². The lowest BCUT2D eigenvalue weighted by Gasteiger charge is -2.65. The number of nitrogens with one attached hydrogen (secondary N) is 1. The van der Waals surface area contributed by atoms with E-state index in [1.807, 2.05) is 18.2 Å². The number of ether oxygens (including phenoxy) is 1. The highest BCUT2D eigenvalue weighted by atomic mass is 79.9. The summed E-state index contributed by atoms with van der Waals surface area (Å²) < 4.78 is 6.08. The number of hydrogen-bond donors (Lipinski definition) is 1. The van der Waals surface area contributed by atoms with Gasteiger partial charge in [-0.1, -0.05) is 13.8 Å². The van der Waals surface area contributed by atoms with Crippen molar-refractivity contribution in [2.24, 2.45) is 16.7 Å². The highest BCUT2D eigenvalue weighted by Gasteiger charge is 2.60. The molecule has 4 bridgehead atoms. The topological polar surface area (TPSA) is 38.3 Å². The molecule has 4 fully saturated rings. The zero-order valence-electron chi connectivity index (χ0n) is 14.7. The van der Waals surface area contributed by atoms with Gasteiger partial charge < -0.3 is 10.1 Å². The lowest BCUT2D eigenvalue weighted by atomic mass is 9.43. The van der Waals surface area contributed by atoms with Gasteiger partial charge in [0.25, 0.3) is 5.91 Å². The Hall–Kier alpha value is -1.03. The minimum absolute atomic E-state index is 0.00754. The first-order valence-electron chi connectivity index (χ1n) is 8.90. The first-order chi connectivity index (χ1) is 11.2. The molecule has 0 radical (unpaired) electrons. The van der Waals surface area contributed by atoms with Crippen molar-refractivity contribution in [3.05, 3.63) is 28.2 Å². The van der Waals surface area contributed by atoms with Crippen LogP contribution in [0.15, 0.2) is 22.7 Å². The van der Waals surface area contributed by atoms with E-state index < -0.39 is 0 Å². The second-order valence-corrected chi connectivity index (χ2v) is 10.1. The van der Waals surface area contributed by atoms with Crippen molar-refractivity contribution < 1.29 is 9.53 Å². The molecule has 1 aromatic rings. The second kappa shape index (κ2) is 5.23. The van der Waals surface area contributed by atoms with Crippen molar-refractivity contribution in [2.45, 2.75) is 57.9 Å². The second-order valence-electron chi connectivity index (χ2n) is 9.21. The summed E-state index contributed by atoms with van der Waals surface area (Å²) in [7, 11) is 1.64. The Kier molecular flexibility index (Phi) is 3.58. The molecule has 4 aliphatic rings. The number of carbonyl (C=O) groups excluding carboxylic acids is 1. The maximum atomic E-state index is 12.9. The molecule has 4 heteroatoms. The number of amides is 1. The summed E-state index contributed by atoms with van der Waals surface area (Å²) >= 11 is 3.48. The predicted molar refractivity (Wildman–Crippen MR) is 98.3 cm³/mol. The molecule has 2 unspecified atom stereocenters. The fourth-order valence-electron chi connectivity index (χ4n) is 6.71. The summed E-state index contributed by atoms with van der Waals surface area (Å²) in [6.07, 6.45) is 7.43. The Morgan fingerprint density at radius 2 is 1.83 bits per heavy atom. The van der Waals surface area contributed by atoms with Gasteiger partial charge in [0.05, 0.1) is 11.6 Å². The summed E-state index contributed by atoms with van der Waals surface area (Å²) in [6, 6.07) is 5.56. The van der Waals surface area contributed by atoms with Gasteiger partial charge in [0.15, 0.2) is 0 Å². The van der Waals surface area contributed by atoms with Gasteiger partial charge in [-0.05, 0) is 89.4 Å². The molecular weight excluding hydrogens is 366 g/mol. The van der Waals surface area contributed by atoms with Crippen LogP contribution in [0.4, 0.5) is 0 Å². The van der Waals surface area contributed by atoms with Crippen LogP contribution in [-0.2, 0) is 0 Å². The number of benzene rings is 1. The molecule has 5 rings (SSSR count). The van der Waals surface area contributed by atoms with Gasteiger partial charge in [-0.3, -0.25) is 4.79 Å². The highest BCUT2D eigenvalue weighted by molar-refractivity contribution is 9.10. The largest absolute Gasteiger partial charge is 0.496 e. The summed E-state index contributed by atoms with van der Waals surface area (Å²) in [5.41, 5.74) is 1.50. The molecule has 0 spiro atoms. The van der Waals surface area contributed by atoms with E-state index in [4.69, 9.17) is 4.74 Å². The molecule has 24 heavy (non-hydrogen) atoms. The zero-order chi connectivity index (χ0) is 17.2. The summed E-state index contributed by atoms with van der Waals surface area (Å²) in [4.78, 5) is 12.9. The molecule has 130 valence electrons. The summed E-state index contributed by atoms with van der Waals surface area (Å²) in [5, 5.41) is 3.46. The minimum atomic E-state index is -0.00754. The Morgan fingerprint density at radius 1 is 1.17 bits per heavy atom. The lowest BCUT2D eigenvalue weighted by molar-refractivity contribution is -0.114. The number of rotatable bonds is 3. The van der Waals surface area contributed by atoms with Gasteiger partial charge >= 0.3 is 0 Å². The number of methoxy groups -OCH3 is 1. The molecule has 4 atom stereocenters. The molecule has 4 saturated carbocycles. The number of carbonyl (C=O) groups is 1. The Labute approximate surface area is 152 Å². The Bertz CT molecular complexity index is 683. The predicted octanol–water partition coefficient (Wildman–Crippen LogP) is 4.94. The van der Waals surface area contributed by atoms with Crippen molar-refractivity contribution in [1.29, 1.82) is 0 Å². The minimum Gasteiger partial charge on any atom is -0.496 e. The van der Waals surface area contributed by atoms with Crippen LogP contribution < -0.4 is 10.1 Å². The van der Waals surface area contributed by atoms with E-state index in [0.717, 1.165) is 35.4 Å². The van der Waals surface area contributed by atoms with Crippen LogP contribution in [0.2, 0.25) is 0 Å². The fourth-order valence-corrected chi connectivity index (χ4v) is 7.25. The SMILES string of the molecule is COc1ccc(C(=O)NC23CC4C[C@@](C)(C2)C[C@](C)(C4)C3)cc1Br. The molecule has 0 aromatic heterocycles.